The first kappa shape index (κ1) is 18.6. The molecular weight excluding hydrogens is 374 g/mol. The van der Waals surface area contributed by atoms with Crippen LogP contribution in [0, 0.1) is 0 Å². The first-order valence-electron chi connectivity index (χ1n) is 7.99. The first-order chi connectivity index (χ1) is 12.2. The second kappa shape index (κ2) is 6.85. The number of thiophene rings is 1. The van der Waals surface area contributed by atoms with Gasteiger partial charge >= 0.3 is 5.97 Å². The van der Waals surface area contributed by atoms with Gasteiger partial charge in [0.25, 0.3) is 0 Å². The van der Waals surface area contributed by atoms with Gasteiger partial charge < -0.3 is 9.94 Å². The third-order valence-corrected chi connectivity index (χ3v) is 7.35. The molecule has 0 fully saturated rings. The van der Waals surface area contributed by atoms with Gasteiger partial charge in [0.15, 0.2) is 14.6 Å². The fourth-order valence-corrected chi connectivity index (χ4v) is 4.29. The molecule has 1 aromatic carbocycles. The zero-order chi connectivity index (χ0) is 18.9. The summed E-state index contributed by atoms with van der Waals surface area (Å²) in [5.41, 5.74) is 3.81. The molecule has 0 bridgehead atoms. The molecule has 0 saturated carbocycles. The van der Waals surface area contributed by atoms with Gasteiger partial charge in [-0.1, -0.05) is 29.4 Å². The van der Waals surface area contributed by atoms with Crippen molar-refractivity contribution in [1.82, 2.24) is 0 Å². The van der Waals surface area contributed by atoms with E-state index in [9.17, 15) is 18.3 Å². The molecule has 1 N–H and O–H groups in total. The summed E-state index contributed by atoms with van der Waals surface area (Å²) < 4.78 is 21.9. The fraction of sp³-hybridized carbons (Fsp3) is 0.333. The average molecular weight is 393 g/mol. The molecule has 0 amide bonds. The Morgan fingerprint density at radius 2 is 1.92 bits per heavy atom. The third-order valence-electron chi connectivity index (χ3n) is 4.69. The minimum Gasteiger partial charge on any atom is -0.480 e. The molecule has 2 atom stereocenters. The number of carboxylic acid groups (broad SMARTS) is 1. The van der Waals surface area contributed by atoms with E-state index in [0.29, 0.717) is 12.1 Å². The summed E-state index contributed by atoms with van der Waals surface area (Å²) in [4.78, 5) is 16.8. The standard InChI is InChI=1S/C18H19NO5S2/c1-18(17(20)21,26(2,22)23)10-15-9-16(19-24-15)13-5-3-12(4-6-13)14-7-8-25-11-14/h3-8,11,15H,9-10H2,1-2H3,(H,20,21). The maximum atomic E-state index is 11.9. The summed E-state index contributed by atoms with van der Waals surface area (Å²) in [6.45, 7) is 1.21. The number of carbonyl (C=O) groups is 1. The summed E-state index contributed by atoms with van der Waals surface area (Å²) in [6.07, 6.45) is 0.565. The molecular formula is C18H19NO5S2. The van der Waals surface area contributed by atoms with Crippen LogP contribution in [0.15, 0.2) is 46.2 Å². The monoisotopic (exact) mass is 393 g/mol. The van der Waals surface area contributed by atoms with Gasteiger partial charge in [0, 0.05) is 19.1 Å². The number of hydrogen-bond donors (Lipinski definition) is 1. The highest BCUT2D eigenvalue weighted by Crippen LogP contribution is 2.30. The van der Waals surface area contributed by atoms with Crippen molar-refractivity contribution in [3.8, 4) is 11.1 Å². The maximum Gasteiger partial charge on any atom is 0.324 e. The summed E-state index contributed by atoms with van der Waals surface area (Å²) in [5.74, 6) is -1.38. The van der Waals surface area contributed by atoms with Crippen LogP contribution < -0.4 is 0 Å². The molecule has 2 aromatic rings. The van der Waals surface area contributed by atoms with E-state index in [1.54, 1.807) is 11.3 Å². The number of sulfone groups is 1. The molecule has 6 nitrogen and oxygen atoms in total. The number of benzene rings is 1. The zero-order valence-electron chi connectivity index (χ0n) is 14.4. The molecule has 1 aliphatic heterocycles. The lowest BCUT2D eigenvalue weighted by atomic mass is 9.96. The normalized spacial score (nSPS) is 19.5. The molecule has 138 valence electrons. The van der Waals surface area contributed by atoms with E-state index < -0.39 is 26.7 Å². The molecule has 0 spiro atoms. The van der Waals surface area contributed by atoms with Gasteiger partial charge in [-0.15, -0.1) is 0 Å². The largest absolute Gasteiger partial charge is 0.480 e. The number of oxime groups is 1. The van der Waals surface area contributed by atoms with Gasteiger partial charge in [0.05, 0.1) is 5.71 Å². The van der Waals surface area contributed by atoms with Crippen LogP contribution in [0.3, 0.4) is 0 Å². The Bertz CT molecular complexity index is 932. The minimum absolute atomic E-state index is 0.152. The lowest BCUT2D eigenvalue weighted by Crippen LogP contribution is -2.45. The highest BCUT2D eigenvalue weighted by Gasteiger charge is 2.47. The number of hydrogen-bond acceptors (Lipinski definition) is 6. The predicted octanol–water partition coefficient (Wildman–Crippen LogP) is 3.19. The quantitative estimate of drug-likeness (QED) is 0.814. The second-order valence-corrected chi connectivity index (χ2v) is 9.80. The van der Waals surface area contributed by atoms with Crippen molar-refractivity contribution in [2.24, 2.45) is 5.16 Å². The predicted molar refractivity (Wildman–Crippen MR) is 101 cm³/mol. The van der Waals surface area contributed by atoms with E-state index >= 15 is 0 Å². The van der Waals surface area contributed by atoms with E-state index in [1.165, 1.54) is 6.92 Å². The number of carboxylic acids is 1. The number of aliphatic carboxylic acids is 1. The van der Waals surface area contributed by atoms with Crippen LogP contribution in [0.2, 0.25) is 0 Å². The molecule has 1 aromatic heterocycles. The van der Waals surface area contributed by atoms with Gasteiger partial charge in [-0.3, -0.25) is 4.79 Å². The Hall–Kier alpha value is -2.19. The van der Waals surface area contributed by atoms with Gasteiger partial charge in [0.2, 0.25) is 0 Å². The topological polar surface area (TPSA) is 93.0 Å². The van der Waals surface area contributed by atoms with Crippen LogP contribution in [0.5, 0.6) is 0 Å². The van der Waals surface area contributed by atoms with E-state index in [0.717, 1.165) is 22.9 Å². The molecule has 3 rings (SSSR count). The molecule has 2 unspecified atom stereocenters. The van der Waals surface area contributed by atoms with Crippen LogP contribution in [0.4, 0.5) is 0 Å². The Labute approximate surface area is 156 Å². The summed E-state index contributed by atoms with van der Waals surface area (Å²) in [6, 6.07) is 9.90. The van der Waals surface area contributed by atoms with Gasteiger partial charge in [-0.25, -0.2) is 8.42 Å². The zero-order valence-corrected chi connectivity index (χ0v) is 16.0. The minimum atomic E-state index is -3.79. The second-order valence-electron chi connectivity index (χ2n) is 6.57. The molecule has 26 heavy (non-hydrogen) atoms. The molecule has 0 aliphatic carbocycles. The van der Waals surface area contributed by atoms with Crippen molar-refractivity contribution in [3.05, 3.63) is 46.7 Å². The van der Waals surface area contributed by atoms with E-state index in [-0.39, 0.29) is 6.42 Å². The third kappa shape index (κ3) is 3.52. The van der Waals surface area contributed by atoms with Crippen LogP contribution in [0.25, 0.3) is 11.1 Å². The Morgan fingerprint density at radius 1 is 1.27 bits per heavy atom. The molecule has 0 radical (unpaired) electrons. The summed E-state index contributed by atoms with van der Waals surface area (Å²) in [7, 11) is -3.79. The van der Waals surface area contributed by atoms with Crippen LogP contribution in [-0.4, -0.2) is 42.3 Å². The maximum absolute atomic E-state index is 11.9. The smallest absolute Gasteiger partial charge is 0.324 e. The molecule has 0 saturated heterocycles. The van der Waals surface area contributed by atoms with Crippen LogP contribution in [-0.2, 0) is 19.5 Å². The number of rotatable bonds is 6. The van der Waals surface area contributed by atoms with Crippen molar-refractivity contribution < 1.29 is 23.2 Å². The number of nitrogens with zero attached hydrogens (tertiary/aromatic N) is 1. The van der Waals surface area contributed by atoms with Crippen molar-refractivity contribution in [2.45, 2.75) is 30.6 Å². The molecule has 1 aliphatic rings. The SMILES string of the molecule is CC(CC1CC(c2ccc(-c3ccsc3)cc2)=NO1)(C(=O)O)S(C)(=O)=O. The summed E-state index contributed by atoms with van der Waals surface area (Å²) in [5, 5.41) is 17.5. The van der Waals surface area contributed by atoms with Crippen molar-refractivity contribution in [1.29, 1.82) is 0 Å². The fourth-order valence-electron chi connectivity index (χ4n) is 2.82. The summed E-state index contributed by atoms with van der Waals surface area (Å²) >= 11 is 1.63. The average Bonchev–Trinajstić information content (AvgIpc) is 3.25. The highest BCUT2D eigenvalue weighted by molar-refractivity contribution is 7.92. The van der Waals surface area contributed by atoms with Gasteiger partial charge in [-0.05, 0) is 40.4 Å². The molecule has 2 heterocycles. The van der Waals surface area contributed by atoms with E-state index in [4.69, 9.17) is 4.84 Å². The van der Waals surface area contributed by atoms with Crippen molar-refractivity contribution in [2.75, 3.05) is 6.26 Å². The highest BCUT2D eigenvalue weighted by atomic mass is 32.2. The van der Waals surface area contributed by atoms with Crippen molar-refractivity contribution in [3.63, 3.8) is 0 Å². The first-order valence-corrected chi connectivity index (χ1v) is 10.8. The molecule has 8 heteroatoms. The lowest BCUT2D eigenvalue weighted by molar-refractivity contribution is -0.140. The van der Waals surface area contributed by atoms with E-state index in [2.05, 4.69) is 10.5 Å². The lowest BCUT2D eigenvalue weighted by Gasteiger charge is -2.24. The van der Waals surface area contributed by atoms with Crippen molar-refractivity contribution >= 4 is 32.9 Å². The van der Waals surface area contributed by atoms with E-state index in [1.807, 2.05) is 35.7 Å². The van der Waals surface area contributed by atoms with Crippen LogP contribution in [0.1, 0.15) is 25.3 Å². The van der Waals surface area contributed by atoms with Crippen LogP contribution >= 0.6 is 11.3 Å². The Kier molecular flexibility index (Phi) is 4.90. The van der Waals surface area contributed by atoms with Gasteiger partial charge in [-0.2, -0.15) is 11.3 Å². The Balaban J connectivity index is 1.71. The van der Waals surface area contributed by atoms with Gasteiger partial charge in [0.1, 0.15) is 6.10 Å². The Morgan fingerprint density at radius 3 is 2.46 bits per heavy atom.